The van der Waals surface area contributed by atoms with Crippen LogP contribution >= 0.6 is 0 Å². The van der Waals surface area contributed by atoms with E-state index in [1.807, 2.05) is 0 Å². The van der Waals surface area contributed by atoms with Crippen LogP contribution in [0.25, 0.3) is 0 Å². The zero-order valence-corrected chi connectivity index (χ0v) is 23.2. The van der Waals surface area contributed by atoms with Crippen LogP contribution < -0.4 is 29.6 Å². The van der Waals surface area contributed by atoms with Gasteiger partial charge >= 0.3 is 29.6 Å². The summed E-state index contributed by atoms with van der Waals surface area (Å²) in [6, 6.07) is 0. The van der Waals surface area contributed by atoms with Crippen LogP contribution in [0.5, 0.6) is 0 Å². The predicted molar refractivity (Wildman–Crippen MR) is 123 cm³/mol. The Balaban J connectivity index is 0. The van der Waals surface area contributed by atoms with Gasteiger partial charge in [0.2, 0.25) is 0 Å². The molecule has 30 heavy (non-hydrogen) atoms. The first-order valence-electron chi connectivity index (χ1n) is 12.5. The Hall–Kier alpha value is 0.870. The van der Waals surface area contributed by atoms with Crippen LogP contribution in [0.3, 0.4) is 0 Å². The molecule has 0 aliphatic carbocycles. The van der Waals surface area contributed by atoms with Crippen LogP contribution in [-0.4, -0.2) is 29.4 Å². The van der Waals surface area contributed by atoms with Crippen molar-refractivity contribution in [2.45, 2.75) is 154 Å². The van der Waals surface area contributed by atoms with E-state index in [4.69, 9.17) is 0 Å². The van der Waals surface area contributed by atoms with Gasteiger partial charge in [0.1, 0.15) is 0 Å². The number of hydrogen-bond acceptors (Lipinski definition) is 4. The molecule has 0 radical (unpaired) electrons. The Kier molecular flexibility index (Phi) is 25.4. The van der Waals surface area contributed by atoms with Crippen molar-refractivity contribution in [3.63, 3.8) is 0 Å². The summed E-state index contributed by atoms with van der Waals surface area (Å²) in [5.74, 6) is 0. The van der Waals surface area contributed by atoms with Crippen LogP contribution in [0, 0.1) is 0 Å². The zero-order valence-electron chi connectivity index (χ0n) is 20.4. The van der Waals surface area contributed by atoms with Crippen molar-refractivity contribution in [3.8, 4) is 0 Å². The first-order valence-corrected chi connectivity index (χ1v) is 14.0. The molecule has 2 unspecified atom stereocenters. The van der Waals surface area contributed by atoms with E-state index >= 15 is 0 Å². The molecule has 0 heterocycles. The quantitative estimate of drug-likeness (QED) is 0.151. The third-order valence-electron chi connectivity index (χ3n) is 6.08. The van der Waals surface area contributed by atoms with E-state index in [2.05, 4.69) is 6.92 Å². The second-order valence-corrected chi connectivity index (χ2v) is 10.5. The maximum absolute atomic E-state index is 11.1. The van der Waals surface area contributed by atoms with E-state index in [1.165, 1.54) is 89.9 Å². The summed E-state index contributed by atoms with van der Waals surface area (Å²) in [5.41, 5.74) is 0. The van der Waals surface area contributed by atoms with Crippen molar-refractivity contribution in [3.05, 3.63) is 0 Å². The monoisotopic (exact) mass is 456 g/mol. The molecule has 0 aromatic rings. The zero-order chi connectivity index (χ0) is 21.8. The number of rotatable bonds is 22. The third kappa shape index (κ3) is 22.1. The van der Waals surface area contributed by atoms with Crippen LogP contribution in [0.15, 0.2) is 0 Å². The molecule has 6 heteroatoms. The fourth-order valence-electron chi connectivity index (χ4n) is 4.00. The van der Waals surface area contributed by atoms with Gasteiger partial charge in [-0.25, -0.2) is 8.42 Å². The van der Waals surface area contributed by atoms with E-state index in [0.717, 1.165) is 12.8 Å². The smallest absolute Gasteiger partial charge is 0.748 e. The second kappa shape index (κ2) is 23.0. The molecule has 2 atom stereocenters. The summed E-state index contributed by atoms with van der Waals surface area (Å²) in [7, 11) is -4.22. The summed E-state index contributed by atoms with van der Waals surface area (Å²) in [5, 5.41) is 9.13. The molecule has 0 saturated carbocycles. The Morgan fingerprint density at radius 1 is 0.633 bits per heavy atom. The predicted octanol–water partition coefficient (Wildman–Crippen LogP) is 4.11. The average molecular weight is 457 g/mol. The average Bonchev–Trinajstić information content (AvgIpc) is 2.67. The summed E-state index contributed by atoms with van der Waals surface area (Å²) in [4.78, 5) is 0. The largest absolute Gasteiger partial charge is 1.00 e. The van der Waals surface area contributed by atoms with Crippen LogP contribution in [0.2, 0.25) is 0 Å². The molecule has 0 saturated heterocycles. The first kappa shape index (κ1) is 33.0. The van der Waals surface area contributed by atoms with Gasteiger partial charge in [-0.15, -0.1) is 0 Å². The molecule has 0 aliphatic rings. The number of aliphatic hydroxyl groups excluding tert-OH is 1. The Bertz CT molecular complexity index is 442. The Morgan fingerprint density at radius 2 is 1.00 bits per heavy atom. The van der Waals surface area contributed by atoms with Crippen molar-refractivity contribution >= 4 is 10.1 Å². The van der Waals surface area contributed by atoms with E-state index in [1.54, 1.807) is 6.92 Å². The standard InChI is InChI=1S/C24H50O4S.Na/c1-3-5-6-7-8-9-10-11-12-13-14-15-16-17-18-19-20-23(25)21-22-24(4-2)29(26,27)28;/h23-25H,3-22H2,1-2H3,(H,26,27,28);/q;+1/p-1. The molecule has 0 aromatic heterocycles. The summed E-state index contributed by atoms with van der Waals surface area (Å²) in [6.45, 7) is 3.98. The molecule has 0 aliphatic heterocycles. The molecule has 1 N–H and O–H groups in total. The van der Waals surface area contributed by atoms with Gasteiger partial charge in [-0.2, -0.15) is 0 Å². The maximum atomic E-state index is 11.1. The van der Waals surface area contributed by atoms with E-state index in [-0.39, 0.29) is 36.0 Å². The van der Waals surface area contributed by atoms with Crippen molar-refractivity contribution in [1.29, 1.82) is 0 Å². The molecule has 0 fully saturated rings. The molecule has 0 amide bonds. The molecule has 176 valence electrons. The van der Waals surface area contributed by atoms with Gasteiger partial charge in [-0.3, -0.25) is 0 Å². The van der Waals surface area contributed by atoms with Crippen LogP contribution in [-0.2, 0) is 10.1 Å². The molecule has 0 aromatic carbocycles. The van der Waals surface area contributed by atoms with Gasteiger partial charge in [0.15, 0.2) is 0 Å². The maximum Gasteiger partial charge on any atom is 1.00 e. The molecular weight excluding hydrogens is 407 g/mol. The molecule has 0 rings (SSSR count). The molecule has 0 bridgehead atoms. The molecule has 4 nitrogen and oxygen atoms in total. The van der Waals surface area contributed by atoms with Gasteiger partial charge < -0.3 is 9.66 Å². The van der Waals surface area contributed by atoms with Crippen LogP contribution in [0.4, 0.5) is 0 Å². The number of aliphatic hydroxyl groups is 1. The van der Waals surface area contributed by atoms with Crippen molar-refractivity contribution in [1.82, 2.24) is 0 Å². The van der Waals surface area contributed by atoms with Gasteiger partial charge in [0.25, 0.3) is 0 Å². The van der Waals surface area contributed by atoms with Gasteiger partial charge in [0, 0.05) is 5.25 Å². The minimum absolute atomic E-state index is 0. The Labute approximate surface area is 210 Å². The Morgan fingerprint density at radius 3 is 1.33 bits per heavy atom. The first-order chi connectivity index (χ1) is 13.9. The van der Waals surface area contributed by atoms with E-state index < -0.39 is 21.5 Å². The fraction of sp³-hybridized carbons (Fsp3) is 1.00. The second-order valence-electron chi connectivity index (χ2n) is 8.85. The summed E-state index contributed by atoms with van der Waals surface area (Å²) < 4.78 is 33.2. The number of hydrogen-bond donors (Lipinski definition) is 1. The molecule has 0 spiro atoms. The third-order valence-corrected chi connectivity index (χ3v) is 7.46. The van der Waals surface area contributed by atoms with Gasteiger partial charge in [0.05, 0.1) is 16.2 Å². The van der Waals surface area contributed by atoms with Crippen LogP contribution in [0.1, 0.15) is 142 Å². The summed E-state index contributed by atoms with van der Waals surface area (Å²) in [6.07, 6.45) is 22.5. The van der Waals surface area contributed by atoms with Crippen molar-refractivity contribution in [2.75, 3.05) is 0 Å². The van der Waals surface area contributed by atoms with E-state index in [9.17, 15) is 18.1 Å². The minimum atomic E-state index is -4.22. The fourth-order valence-corrected chi connectivity index (χ4v) is 4.84. The van der Waals surface area contributed by atoms with Crippen molar-refractivity contribution < 1.29 is 47.6 Å². The topological polar surface area (TPSA) is 77.4 Å². The van der Waals surface area contributed by atoms with Gasteiger partial charge in [-0.05, 0) is 25.7 Å². The normalized spacial score (nSPS) is 13.7. The van der Waals surface area contributed by atoms with E-state index in [0.29, 0.717) is 19.3 Å². The number of unbranched alkanes of at least 4 members (excludes halogenated alkanes) is 15. The minimum Gasteiger partial charge on any atom is -0.748 e. The summed E-state index contributed by atoms with van der Waals surface area (Å²) >= 11 is 0. The van der Waals surface area contributed by atoms with Gasteiger partial charge in [-0.1, -0.05) is 117 Å². The van der Waals surface area contributed by atoms with Crippen molar-refractivity contribution in [2.24, 2.45) is 0 Å². The molecular formula is C24H49NaO4S. The SMILES string of the molecule is CCCCCCCCCCCCCCCCCCC(O)CCC(CC)S(=O)(=O)[O-].[Na+].